The third kappa shape index (κ3) is 8.57. The molecule has 1 fully saturated rings. The van der Waals surface area contributed by atoms with Crippen LogP contribution in [0.2, 0.25) is 0 Å². The van der Waals surface area contributed by atoms with Crippen molar-refractivity contribution in [1.29, 1.82) is 0 Å². The highest BCUT2D eigenvalue weighted by molar-refractivity contribution is 7.66. The molecule has 0 spiro atoms. The van der Waals surface area contributed by atoms with E-state index in [4.69, 9.17) is 14.5 Å². The standard InChI is InChI=1S/C18H32N5O13P3/c1-3-5-7-22(8-6-4-2)16-13-17(20-10-19-16)23(11-21-13)18-15(25)14(24)12(34-18)9-33-38(29,30)36-39(31,32)35-37(26,27)28/h10-12,14-15,18,24-25H,3-9H2,1-2H3,(H,29,30)(H,31,32)(H2,26,27,28). The monoisotopic (exact) mass is 619 g/mol. The van der Waals surface area contributed by atoms with Crippen LogP contribution in [-0.2, 0) is 31.6 Å². The molecule has 21 heteroatoms. The van der Waals surface area contributed by atoms with E-state index in [2.05, 4.69) is 46.8 Å². The summed E-state index contributed by atoms with van der Waals surface area (Å²) in [4.78, 5) is 51.3. The molecule has 39 heavy (non-hydrogen) atoms. The summed E-state index contributed by atoms with van der Waals surface area (Å²) < 4.78 is 53.0. The first-order valence-electron chi connectivity index (χ1n) is 11.9. The normalized spacial score (nSPS) is 25.0. The van der Waals surface area contributed by atoms with Crippen molar-refractivity contribution in [1.82, 2.24) is 19.5 Å². The molecule has 0 aromatic carbocycles. The molecule has 6 unspecified atom stereocenters. The first-order chi connectivity index (χ1) is 18.2. The van der Waals surface area contributed by atoms with Gasteiger partial charge in [-0.2, -0.15) is 8.62 Å². The number of aromatic nitrogens is 4. The van der Waals surface area contributed by atoms with Crippen molar-refractivity contribution in [2.75, 3.05) is 24.6 Å². The van der Waals surface area contributed by atoms with Gasteiger partial charge in [0, 0.05) is 13.1 Å². The zero-order valence-corrected chi connectivity index (χ0v) is 23.7. The number of phosphoric ester groups is 1. The number of fused-ring (bicyclic) bond motifs is 1. The molecule has 6 N–H and O–H groups in total. The van der Waals surface area contributed by atoms with Gasteiger partial charge in [0.2, 0.25) is 0 Å². The summed E-state index contributed by atoms with van der Waals surface area (Å²) in [6, 6.07) is 0. The lowest BCUT2D eigenvalue weighted by molar-refractivity contribution is -0.0503. The zero-order chi connectivity index (χ0) is 29.0. The van der Waals surface area contributed by atoms with Crippen LogP contribution in [0.15, 0.2) is 12.7 Å². The third-order valence-corrected chi connectivity index (χ3v) is 9.43. The minimum Gasteiger partial charge on any atom is -0.387 e. The van der Waals surface area contributed by atoms with Crippen molar-refractivity contribution in [3.8, 4) is 0 Å². The Labute approximate surface area is 223 Å². The Kier molecular flexibility index (Phi) is 10.8. The fourth-order valence-electron chi connectivity index (χ4n) is 3.85. The molecule has 2 aromatic heterocycles. The molecular formula is C18H32N5O13P3. The Bertz CT molecular complexity index is 1250. The molecular weight excluding hydrogens is 587 g/mol. The van der Waals surface area contributed by atoms with E-state index in [-0.39, 0.29) is 0 Å². The summed E-state index contributed by atoms with van der Waals surface area (Å²) in [6.07, 6.45) is 0.560. The van der Waals surface area contributed by atoms with Crippen molar-refractivity contribution < 1.29 is 61.4 Å². The van der Waals surface area contributed by atoms with Gasteiger partial charge in [0.05, 0.1) is 12.9 Å². The van der Waals surface area contributed by atoms with Crippen LogP contribution in [0.3, 0.4) is 0 Å². The highest BCUT2D eigenvalue weighted by atomic mass is 31.3. The number of unbranched alkanes of at least 4 members (excludes halogenated alkanes) is 2. The van der Waals surface area contributed by atoms with Gasteiger partial charge in [0.25, 0.3) is 0 Å². The predicted octanol–water partition coefficient (Wildman–Crippen LogP) is 1.20. The average Bonchev–Trinajstić information content (AvgIpc) is 3.36. The number of aliphatic hydroxyl groups is 2. The maximum Gasteiger partial charge on any atom is 0.490 e. The number of hydrogen-bond donors (Lipinski definition) is 6. The van der Waals surface area contributed by atoms with Crippen molar-refractivity contribution in [3.63, 3.8) is 0 Å². The largest absolute Gasteiger partial charge is 0.490 e. The highest BCUT2D eigenvalue weighted by Gasteiger charge is 2.47. The van der Waals surface area contributed by atoms with Crippen molar-refractivity contribution in [2.45, 2.75) is 64.1 Å². The average molecular weight is 619 g/mol. The Morgan fingerprint density at radius 2 is 1.59 bits per heavy atom. The molecule has 0 bridgehead atoms. The van der Waals surface area contributed by atoms with Gasteiger partial charge in [-0.3, -0.25) is 9.09 Å². The molecule has 222 valence electrons. The summed E-state index contributed by atoms with van der Waals surface area (Å²) in [5.41, 5.74) is 0.731. The number of anilines is 1. The Morgan fingerprint density at radius 3 is 2.18 bits per heavy atom. The van der Waals surface area contributed by atoms with E-state index >= 15 is 0 Å². The van der Waals surface area contributed by atoms with Crippen LogP contribution in [0.1, 0.15) is 45.8 Å². The molecule has 2 aromatic rings. The highest BCUT2D eigenvalue weighted by Crippen LogP contribution is 2.66. The van der Waals surface area contributed by atoms with Gasteiger partial charge in [0.15, 0.2) is 23.2 Å². The van der Waals surface area contributed by atoms with E-state index in [9.17, 15) is 33.7 Å². The van der Waals surface area contributed by atoms with Crippen LogP contribution < -0.4 is 4.90 Å². The first kappa shape index (κ1) is 32.2. The van der Waals surface area contributed by atoms with Crippen LogP contribution >= 0.6 is 23.5 Å². The quantitative estimate of drug-likeness (QED) is 0.153. The second-order valence-electron chi connectivity index (χ2n) is 8.65. The molecule has 3 heterocycles. The van der Waals surface area contributed by atoms with E-state index in [1.165, 1.54) is 17.2 Å². The molecule has 1 saturated heterocycles. The molecule has 0 aliphatic carbocycles. The van der Waals surface area contributed by atoms with Gasteiger partial charge in [-0.15, -0.1) is 0 Å². The van der Waals surface area contributed by atoms with Crippen LogP contribution in [0, 0.1) is 0 Å². The summed E-state index contributed by atoms with van der Waals surface area (Å²) in [6.45, 7) is 4.71. The summed E-state index contributed by atoms with van der Waals surface area (Å²) >= 11 is 0. The summed E-state index contributed by atoms with van der Waals surface area (Å²) in [7, 11) is -16.7. The molecule has 0 amide bonds. The van der Waals surface area contributed by atoms with Crippen LogP contribution in [0.25, 0.3) is 11.2 Å². The lowest BCUT2D eigenvalue weighted by Crippen LogP contribution is -2.33. The number of ether oxygens (including phenoxy) is 1. The first-order valence-corrected chi connectivity index (χ1v) is 16.4. The smallest absolute Gasteiger partial charge is 0.387 e. The van der Waals surface area contributed by atoms with Gasteiger partial charge < -0.3 is 39.4 Å². The van der Waals surface area contributed by atoms with Crippen molar-refractivity contribution in [2.24, 2.45) is 0 Å². The van der Waals surface area contributed by atoms with Gasteiger partial charge in [0.1, 0.15) is 24.6 Å². The Balaban J connectivity index is 1.76. The minimum atomic E-state index is -5.72. The molecule has 1 aliphatic rings. The maximum atomic E-state index is 12.0. The third-order valence-electron chi connectivity index (χ3n) is 5.63. The van der Waals surface area contributed by atoms with Crippen molar-refractivity contribution in [3.05, 3.63) is 12.7 Å². The molecule has 6 atom stereocenters. The molecule has 3 rings (SSSR count). The van der Waals surface area contributed by atoms with Gasteiger partial charge in [-0.25, -0.2) is 28.6 Å². The molecule has 1 aliphatic heterocycles. The van der Waals surface area contributed by atoms with Crippen molar-refractivity contribution >= 4 is 40.4 Å². The fraction of sp³-hybridized carbons (Fsp3) is 0.722. The number of imidazole rings is 1. The fourth-order valence-corrected chi connectivity index (χ4v) is 6.88. The SMILES string of the molecule is CCCCN(CCCC)c1ncnc2c1ncn2C1OC(COP(=O)(O)OP(=O)(O)OP(=O)(O)O)C(O)C1O. The topological polar surface area (TPSA) is 256 Å². The van der Waals surface area contributed by atoms with Crippen LogP contribution in [0.4, 0.5) is 5.82 Å². The lowest BCUT2D eigenvalue weighted by Gasteiger charge is -2.23. The number of nitrogens with zero attached hydrogens (tertiary/aromatic N) is 5. The molecule has 0 saturated carbocycles. The van der Waals surface area contributed by atoms with E-state index in [1.807, 2.05) is 0 Å². The second-order valence-corrected chi connectivity index (χ2v) is 13.1. The molecule has 18 nitrogen and oxygen atoms in total. The van der Waals surface area contributed by atoms with Gasteiger partial charge in [-0.05, 0) is 12.8 Å². The van der Waals surface area contributed by atoms with E-state index < -0.39 is 54.6 Å². The van der Waals surface area contributed by atoms with Crippen LogP contribution in [0.5, 0.6) is 0 Å². The van der Waals surface area contributed by atoms with E-state index in [0.717, 1.165) is 38.8 Å². The summed E-state index contributed by atoms with van der Waals surface area (Å²) in [5.74, 6) is 0.595. The molecule has 0 radical (unpaired) electrons. The van der Waals surface area contributed by atoms with Gasteiger partial charge >= 0.3 is 23.5 Å². The minimum absolute atomic E-state index is 0.294. The van der Waals surface area contributed by atoms with Gasteiger partial charge in [-0.1, -0.05) is 26.7 Å². The Morgan fingerprint density at radius 1 is 0.949 bits per heavy atom. The lowest BCUT2D eigenvalue weighted by atomic mass is 10.1. The number of rotatable bonds is 15. The zero-order valence-electron chi connectivity index (χ0n) is 21.0. The second kappa shape index (κ2) is 13.1. The summed E-state index contributed by atoms with van der Waals surface area (Å²) in [5, 5.41) is 21.1. The van der Waals surface area contributed by atoms with Crippen LogP contribution in [-0.4, -0.2) is 87.3 Å². The number of aliphatic hydroxyl groups excluding tert-OH is 2. The maximum absolute atomic E-state index is 12.0. The van der Waals surface area contributed by atoms with E-state index in [0.29, 0.717) is 17.0 Å². The Hall–Kier alpha value is -1.36. The van der Waals surface area contributed by atoms with E-state index in [1.54, 1.807) is 0 Å². The number of phosphoric acid groups is 3. The number of hydrogen-bond acceptors (Lipinski definition) is 13. The predicted molar refractivity (Wildman–Crippen MR) is 133 cm³/mol.